The number of aromatic hydroxyl groups is 1. The van der Waals surface area contributed by atoms with Crippen LogP contribution in [0.4, 0.5) is 33.3 Å². The molecule has 5 nitrogen and oxygen atoms in total. The van der Waals surface area contributed by atoms with E-state index < -0.39 is 58.0 Å². The Morgan fingerprint density at radius 3 is 1.92 bits per heavy atom. The minimum atomic E-state index is -1.77. The number of carbonyl (C=O) groups excluding carboxylic acids is 2. The molecule has 0 saturated carbocycles. The lowest BCUT2D eigenvalue weighted by Crippen LogP contribution is -2.32. The van der Waals surface area contributed by atoms with Gasteiger partial charge in [-0.3, -0.25) is 9.59 Å². The van der Waals surface area contributed by atoms with Gasteiger partial charge in [0.05, 0.1) is 5.69 Å². The zero-order chi connectivity index (χ0) is 19.2. The van der Waals surface area contributed by atoms with Crippen LogP contribution in [0, 0.1) is 29.1 Å². The summed E-state index contributed by atoms with van der Waals surface area (Å²) in [5.41, 5.74) is -1.32. The van der Waals surface area contributed by atoms with Crippen molar-refractivity contribution >= 4 is 23.2 Å². The van der Waals surface area contributed by atoms with Gasteiger partial charge in [-0.25, -0.2) is 26.9 Å². The molecule has 2 amide bonds. The Labute approximate surface area is 142 Å². The number of amides is 2. The van der Waals surface area contributed by atoms with Crippen LogP contribution >= 0.6 is 0 Å². The number of phenolic OH excluding ortho intramolecular Hbond substituents is 1. The molecule has 0 unspecified atom stereocenters. The minimum Gasteiger partial charge on any atom is -0.503 e. The highest BCUT2D eigenvalue weighted by molar-refractivity contribution is 6.31. The van der Waals surface area contributed by atoms with E-state index in [1.165, 1.54) is 0 Å². The molecule has 0 spiro atoms. The van der Waals surface area contributed by atoms with Gasteiger partial charge in [0.25, 0.3) is 11.8 Å². The van der Waals surface area contributed by atoms with Gasteiger partial charge in [0.2, 0.25) is 0 Å². The lowest BCUT2D eigenvalue weighted by Gasteiger charge is -2.16. The number of carbonyl (C=O) groups is 2. The Morgan fingerprint density at radius 2 is 1.38 bits per heavy atom. The molecule has 0 atom stereocenters. The summed E-state index contributed by atoms with van der Waals surface area (Å²) in [5.74, 6) is -10.9. The second-order valence-electron chi connectivity index (χ2n) is 5.17. The standard InChI is InChI=1S/C16H7F5N2O3/c17-8-3-7(4-9(18)14(8)21)23-13(24)5-12(16(23)26)22-6-1-10(19)15(25)11(20)2-6/h1-5,22,25H. The number of hydrogen-bond acceptors (Lipinski definition) is 4. The first-order valence-electron chi connectivity index (χ1n) is 6.88. The molecular weight excluding hydrogens is 363 g/mol. The van der Waals surface area contributed by atoms with Crippen LogP contribution in [0.2, 0.25) is 0 Å². The van der Waals surface area contributed by atoms with Crippen LogP contribution in [-0.2, 0) is 9.59 Å². The van der Waals surface area contributed by atoms with E-state index in [0.29, 0.717) is 29.2 Å². The van der Waals surface area contributed by atoms with Crippen molar-refractivity contribution in [3.63, 3.8) is 0 Å². The number of anilines is 2. The summed E-state index contributed by atoms with van der Waals surface area (Å²) in [7, 11) is 0. The molecule has 0 bridgehead atoms. The van der Waals surface area contributed by atoms with E-state index >= 15 is 0 Å². The maximum absolute atomic E-state index is 13.3. The van der Waals surface area contributed by atoms with Gasteiger partial charge in [-0.15, -0.1) is 0 Å². The molecule has 2 aromatic rings. The summed E-state index contributed by atoms with van der Waals surface area (Å²) in [6, 6.07) is 2.23. The molecule has 0 aromatic heterocycles. The Morgan fingerprint density at radius 1 is 0.846 bits per heavy atom. The molecule has 2 N–H and O–H groups in total. The maximum Gasteiger partial charge on any atom is 0.281 e. The van der Waals surface area contributed by atoms with Crippen molar-refractivity contribution in [1.29, 1.82) is 0 Å². The van der Waals surface area contributed by atoms with Crippen molar-refractivity contribution in [3.8, 4) is 5.75 Å². The minimum absolute atomic E-state index is 0.302. The smallest absolute Gasteiger partial charge is 0.281 e. The Bertz CT molecular complexity index is 944. The third kappa shape index (κ3) is 2.85. The van der Waals surface area contributed by atoms with Crippen LogP contribution in [-0.4, -0.2) is 16.9 Å². The van der Waals surface area contributed by atoms with Crippen molar-refractivity contribution in [2.45, 2.75) is 0 Å². The van der Waals surface area contributed by atoms with Crippen molar-refractivity contribution in [2.24, 2.45) is 0 Å². The largest absolute Gasteiger partial charge is 0.503 e. The lowest BCUT2D eigenvalue weighted by atomic mass is 10.2. The van der Waals surface area contributed by atoms with Crippen molar-refractivity contribution in [2.75, 3.05) is 10.2 Å². The Balaban J connectivity index is 1.90. The highest BCUT2D eigenvalue weighted by atomic mass is 19.2. The zero-order valence-corrected chi connectivity index (χ0v) is 12.5. The number of benzene rings is 2. The highest BCUT2D eigenvalue weighted by Crippen LogP contribution is 2.29. The molecule has 1 aliphatic heterocycles. The van der Waals surface area contributed by atoms with Crippen LogP contribution in [0.3, 0.4) is 0 Å². The summed E-state index contributed by atoms with van der Waals surface area (Å²) < 4.78 is 66.3. The van der Waals surface area contributed by atoms with Gasteiger partial charge in [0, 0.05) is 36.0 Å². The van der Waals surface area contributed by atoms with E-state index in [0.717, 1.165) is 6.08 Å². The molecule has 10 heteroatoms. The number of hydrogen-bond donors (Lipinski definition) is 2. The number of nitrogens with one attached hydrogen (secondary N) is 1. The van der Waals surface area contributed by atoms with Gasteiger partial charge in [-0.05, 0) is 0 Å². The second kappa shape index (κ2) is 6.14. The van der Waals surface area contributed by atoms with Crippen molar-refractivity contribution < 1.29 is 36.6 Å². The van der Waals surface area contributed by atoms with E-state index in [9.17, 15) is 31.5 Å². The van der Waals surface area contributed by atoms with E-state index in [2.05, 4.69) is 5.32 Å². The van der Waals surface area contributed by atoms with Crippen LogP contribution < -0.4 is 10.2 Å². The number of imide groups is 1. The Hall–Kier alpha value is -3.43. The summed E-state index contributed by atoms with van der Waals surface area (Å²) in [5, 5.41) is 11.3. The monoisotopic (exact) mass is 370 g/mol. The molecule has 1 heterocycles. The van der Waals surface area contributed by atoms with Gasteiger partial charge in [-0.2, -0.15) is 0 Å². The molecule has 26 heavy (non-hydrogen) atoms. The number of halogens is 5. The van der Waals surface area contributed by atoms with Crippen LogP contribution in [0.25, 0.3) is 0 Å². The molecule has 0 aliphatic carbocycles. The van der Waals surface area contributed by atoms with Gasteiger partial charge in [0.15, 0.2) is 34.8 Å². The fourth-order valence-corrected chi connectivity index (χ4v) is 2.27. The van der Waals surface area contributed by atoms with Gasteiger partial charge in [0.1, 0.15) is 5.70 Å². The summed E-state index contributed by atoms with van der Waals surface area (Å²) in [6.07, 6.45) is 0.726. The highest BCUT2D eigenvalue weighted by Gasteiger charge is 2.34. The first-order chi connectivity index (χ1) is 12.2. The number of rotatable bonds is 3. The number of nitrogens with zero attached hydrogens (tertiary/aromatic N) is 1. The molecule has 3 rings (SSSR count). The fourth-order valence-electron chi connectivity index (χ4n) is 2.27. The van der Waals surface area contributed by atoms with Gasteiger partial charge in [-0.1, -0.05) is 0 Å². The Kier molecular flexibility index (Phi) is 4.10. The third-order valence-electron chi connectivity index (χ3n) is 3.44. The van der Waals surface area contributed by atoms with E-state index in [4.69, 9.17) is 5.11 Å². The number of phenols is 1. The summed E-state index contributed by atoms with van der Waals surface area (Å²) in [4.78, 5) is 24.6. The average Bonchev–Trinajstić information content (AvgIpc) is 2.83. The molecule has 134 valence electrons. The zero-order valence-electron chi connectivity index (χ0n) is 12.5. The van der Waals surface area contributed by atoms with Crippen molar-refractivity contribution in [1.82, 2.24) is 0 Å². The molecule has 2 aromatic carbocycles. The topological polar surface area (TPSA) is 69.6 Å². The predicted molar refractivity (Wildman–Crippen MR) is 78.5 cm³/mol. The molecule has 0 saturated heterocycles. The molecule has 1 aliphatic rings. The summed E-state index contributed by atoms with van der Waals surface area (Å²) in [6.45, 7) is 0. The molecular formula is C16H7F5N2O3. The van der Waals surface area contributed by atoms with Crippen LogP contribution in [0.1, 0.15) is 0 Å². The van der Waals surface area contributed by atoms with Crippen LogP contribution in [0.15, 0.2) is 36.0 Å². The molecule has 0 radical (unpaired) electrons. The quantitative estimate of drug-likeness (QED) is 0.377. The predicted octanol–water partition coefficient (Wildman–Crippen LogP) is 2.96. The van der Waals surface area contributed by atoms with Gasteiger partial charge < -0.3 is 10.4 Å². The van der Waals surface area contributed by atoms with Crippen LogP contribution in [0.5, 0.6) is 5.75 Å². The van der Waals surface area contributed by atoms with E-state index in [1.54, 1.807) is 0 Å². The van der Waals surface area contributed by atoms with Gasteiger partial charge >= 0.3 is 0 Å². The van der Waals surface area contributed by atoms with Crippen molar-refractivity contribution in [3.05, 3.63) is 65.1 Å². The first-order valence-corrected chi connectivity index (χ1v) is 6.88. The maximum atomic E-state index is 13.3. The van der Waals surface area contributed by atoms with E-state index in [-0.39, 0.29) is 5.69 Å². The molecule has 0 fully saturated rings. The average molecular weight is 370 g/mol. The normalized spacial score (nSPS) is 14.0. The summed E-state index contributed by atoms with van der Waals surface area (Å²) >= 11 is 0. The third-order valence-corrected chi connectivity index (χ3v) is 3.44. The second-order valence-corrected chi connectivity index (χ2v) is 5.17. The lowest BCUT2D eigenvalue weighted by molar-refractivity contribution is -0.120. The SMILES string of the molecule is O=C1C=C(Nc2cc(F)c(O)c(F)c2)C(=O)N1c1cc(F)c(F)c(F)c1. The first kappa shape index (κ1) is 17.4. The van der Waals surface area contributed by atoms with E-state index in [1.807, 2.05) is 0 Å². The fraction of sp³-hybridized carbons (Fsp3) is 0.